The van der Waals surface area contributed by atoms with Gasteiger partial charge in [0.15, 0.2) is 0 Å². The maximum Gasteiger partial charge on any atom is 0.253 e. The molecule has 1 aromatic carbocycles. The predicted octanol–water partition coefficient (Wildman–Crippen LogP) is 3.42. The van der Waals surface area contributed by atoms with Gasteiger partial charge in [-0.2, -0.15) is 0 Å². The number of aryl methyl sites for hydroxylation is 1. The molecule has 1 amide bonds. The molecule has 2 rings (SSSR count). The highest BCUT2D eigenvalue weighted by Gasteiger charge is 2.12. The SMILES string of the molecule is Cc1ccc(C(=O)N(C)Cc2ccncc2)cc1Br. The summed E-state index contributed by atoms with van der Waals surface area (Å²) in [6, 6.07) is 9.48. The maximum absolute atomic E-state index is 12.3. The zero-order chi connectivity index (χ0) is 13.8. The highest BCUT2D eigenvalue weighted by Crippen LogP contribution is 2.18. The van der Waals surface area contributed by atoms with Gasteiger partial charge in [0.1, 0.15) is 0 Å². The van der Waals surface area contributed by atoms with Gasteiger partial charge in [0.25, 0.3) is 5.91 Å². The van der Waals surface area contributed by atoms with E-state index in [1.165, 1.54) is 0 Å². The Morgan fingerprint density at radius 1 is 1.26 bits per heavy atom. The van der Waals surface area contributed by atoms with Crippen molar-refractivity contribution in [2.24, 2.45) is 0 Å². The molecule has 3 nitrogen and oxygen atoms in total. The van der Waals surface area contributed by atoms with Crippen molar-refractivity contribution in [3.8, 4) is 0 Å². The summed E-state index contributed by atoms with van der Waals surface area (Å²) in [6.07, 6.45) is 3.46. The van der Waals surface area contributed by atoms with Crippen LogP contribution in [0.25, 0.3) is 0 Å². The van der Waals surface area contributed by atoms with Crippen LogP contribution in [0.5, 0.6) is 0 Å². The lowest BCUT2D eigenvalue weighted by Crippen LogP contribution is -2.26. The average molecular weight is 319 g/mol. The molecule has 0 bridgehead atoms. The monoisotopic (exact) mass is 318 g/mol. The largest absolute Gasteiger partial charge is 0.337 e. The van der Waals surface area contributed by atoms with Crippen molar-refractivity contribution < 1.29 is 4.79 Å². The average Bonchev–Trinajstić information content (AvgIpc) is 2.42. The number of carbonyl (C=O) groups is 1. The second kappa shape index (κ2) is 5.97. The van der Waals surface area contributed by atoms with Crippen LogP contribution in [0, 0.1) is 6.92 Å². The molecule has 0 aliphatic rings. The summed E-state index contributed by atoms with van der Waals surface area (Å²) in [5.41, 5.74) is 2.87. The number of pyridine rings is 1. The molecule has 19 heavy (non-hydrogen) atoms. The van der Waals surface area contributed by atoms with E-state index in [-0.39, 0.29) is 5.91 Å². The number of benzene rings is 1. The molecule has 0 aliphatic carbocycles. The van der Waals surface area contributed by atoms with E-state index in [9.17, 15) is 4.79 Å². The molecular weight excluding hydrogens is 304 g/mol. The molecule has 0 aliphatic heterocycles. The number of hydrogen-bond donors (Lipinski definition) is 0. The van der Waals surface area contributed by atoms with Crippen molar-refractivity contribution in [2.75, 3.05) is 7.05 Å². The van der Waals surface area contributed by atoms with E-state index >= 15 is 0 Å². The molecule has 2 aromatic rings. The van der Waals surface area contributed by atoms with Crippen molar-refractivity contribution in [3.05, 3.63) is 63.9 Å². The number of hydrogen-bond acceptors (Lipinski definition) is 2. The maximum atomic E-state index is 12.3. The number of halogens is 1. The van der Waals surface area contributed by atoms with E-state index < -0.39 is 0 Å². The van der Waals surface area contributed by atoms with Crippen molar-refractivity contribution in [2.45, 2.75) is 13.5 Å². The Hall–Kier alpha value is -1.68. The summed E-state index contributed by atoms with van der Waals surface area (Å²) >= 11 is 3.45. The van der Waals surface area contributed by atoms with E-state index in [2.05, 4.69) is 20.9 Å². The number of aromatic nitrogens is 1. The molecule has 1 heterocycles. The smallest absolute Gasteiger partial charge is 0.253 e. The summed E-state index contributed by atoms with van der Waals surface area (Å²) in [5, 5.41) is 0. The number of amides is 1. The Labute approximate surface area is 121 Å². The van der Waals surface area contributed by atoms with Gasteiger partial charge in [-0.05, 0) is 42.3 Å². The number of nitrogens with zero attached hydrogens (tertiary/aromatic N) is 2. The van der Waals surface area contributed by atoms with Gasteiger partial charge in [0.2, 0.25) is 0 Å². The number of carbonyl (C=O) groups excluding carboxylic acids is 1. The van der Waals surface area contributed by atoms with Crippen molar-refractivity contribution >= 4 is 21.8 Å². The molecule has 0 spiro atoms. The summed E-state index contributed by atoms with van der Waals surface area (Å²) < 4.78 is 0.954. The quantitative estimate of drug-likeness (QED) is 0.868. The lowest BCUT2D eigenvalue weighted by molar-refractivity contribution is 0.0785. The highest BCUT2D eigenvalue weighted by molar-refractivity contribution is 9.10. The molecular formula is C15H15BrN2O. The number of rotatable bonds is 3. The second-order valence-electron chi connectivity index (χ2n) is 4.48. The molecule has 0 radical (unpaired) electrons. The van der Waals surface area contributed by atoms with Crippen molar-refractivity contribution in [1.29, 1.82) is 0 Å². The van der Waals surface area contributed by atoms with Crippen LogP contribution in [0.1, 0.15) is 21.5 Å². The van der Waals surface area contributed by atoms with Crippen LogP contribution >= 0.6 is 15.9 Å². The summed E-state index contributed by atoms with van der Waals surface area (Å²) in [6.45, 7) is 2.58. The van der Waals surface area contributed by atoms with E-state index in [4.69, 9.17) is 0 Å². The second-order valence-corrected chi connectivity index (χ2v) is 5.33. The van der Waals surface area contributed by atoms with Crippen molar-refractivity contribution in [3.63, 3.8) is 0 Å². The Kier molecular flexibility index (Phi) is 4.32. The normalized spacial score (nSPS) is 10.3. The standard InChI is InChI=1S/C15H15BrN2O/c1-11-3-4-13(9-14(11)16)15(19)18(2)10-12-5-7-17-8-6-12/h3-9H,10H2,1-2H3. The van der Waals surface area contributed by atoms with Gasteiger partial charge in [-0.3, -0.25) is 9.78 Å². The third-order valence-corrected chi connectivity index (χ3v) is 3.79. The van der Waals surface area contributed by atoms with E-state index in [0.717, 1.165) is 15.6 Å². The van der Waals surface area contributed by atoms with Gasteiger partial charge in [-0.15, -0.1) is 0 Å². The van der Waals surface area contributed by atoms with E-state index in [1.807, 2.05) is 37.3 Å². The molecule has 0 N–H and O–H groups in total. The lowest BCUT2D eigenvalue weighted by atomic mass is 10.1. The van der Waals surface area contributed by atoms with Gasteiger partial charge < -0.3 is 4.90 Å². The fourth-order valence-corrected chi connectivity index (χ4v) is 2.16. The first-order valence-electron chi connectivity index (χ1n) is 5.98. The minimum atomic E-state index is 0.0116. The highest BCUT2D eigenvalue weighted by atomic mass is 79.9. The molecule has 0 fully saturated rings. The van der Waals surface area contributed by atoms with Gasteiger partial charge >= 0.3 is 0 Å². The topological polar surface area (TPSA) is 33.2 Å². The predicted molar refractivity (Wildman–Crippen MR) is 78.9 cm³/mol. The minimum Gasteiger partial charge on any atom is -0.337 e. The van der Waals surface area contributed by atoms with E-state index in [0.29, 0.717) is 12.1 Å². The molecule has 0 atom stereocenters. The molecule has 0 saturated carbocycles. The van der Waals surface area contributed by atoms with Crippen molar-refractivity contribution in [1.82, 2.24) is 9.88 Å². The first kappa shape index (κ1) is 13.7. The molecule has 98 valence electrons. The Morgan fingerprint density at radius 2 is 1.95 bits per heavy atom. The van der Waals surface area contributed by atoms with Gasteiger partial charge in [0, 0.05) is 36.0 Å². The fraction of sp³-hybridized carbons (Fsp3) is 0.200. The van der Waals surface area contributed by atoms with E-state index in [1.54, 1.807) is 24.3 Å². The van der Waals surface area contributed by atoms with Gasteiger partial charge in [-0.25, -0.2) is 0 Å². The van der Waals surface area contributed by atoms with Crippen LogP contribution < -0.4 is 0 Å². The summed E-state index contributed by atoms with van der Waals surface area (Å²) in [5.74, 6) is 0.0116. The fourth-order valence-electron chi connectivity index (χ4n) is 1.78. The lowest BCUT2D eigenvalue weighted by Gasteiger charge is -2.17. The summed E-state index contributed by atoms with van der Waals surface area (Å²) in [4.78, 5) is 18.0. The zero-order valence-electron chi connectivity index (χ0n) is 10.9. The Morgan fingerprint density at radius 3 is 2.58 bits per heavy atom. The van der Waals surface area contributed by atoms with Crippen LogP contribution in [0.4, 0.5) is 0 Å². The molecule has 0 unspecified atom stereocenters. The first-order chi connectivity index (χ1) is 9.08. The van der Waals surface area contributed by atoms with Crippen LogP contribution in [0.2, 0.25) is 0 Å². The first-order valence-corrected chi connectivity index (χ1v) is 6.78. The zero-order valence-corrected chi connectivity index (χ0v) is 12.5. The van der Waals surface area contributed by atoms with Gasteiger partial charge in [0.05, 0.1) is 0 Å². The Bertz CT molecular complexity index is 584. The summed E-state index contributed by atoms with van der Waals surface area (Å²) in [7, 11) is 1.80. The van der Waals surface area contributed by atoms with Crippen LogP contribution in [-0.4, -0.2) is 22.8 Å². The third kappa shape index (κ3) is 3.41. The molecule has 1 aromatic heterocycles. The molecule has 0 saturated heterocycles. The Balaban J connectivity index is 2.12. The van der Waals surface area contributed by atoms with Crippen LogP contribution in [-0.2, 0) is 6.54 Å². The van der Waals surface area contributed by atoms with Gasteiger partial charge in [-0.1, -0.05) is 22.0 Å². The molecule has 4 heteroatoms. The third-order valence-electron chi connectivity index (χ3n) is 2.93. The van der Waals surface area contributed by atoms with Crippen LogP contribution in [0.3, 0.4) is 0 Å². The minimum absolute atomic E-state index is 0.0116. The van der Waals surface area contributed by atoms with Crippen LogP contribution in [0.15, 0.2) is 47.2 Å².